The molecule has 2 unspecified atom stereocenters. The minimum Gasteiger partial charge on any atom is -0.344 e. The largest absolute Gasteiger partial charge is 0.344 e. The first-order valence-corrected chi connectivity index (χ1v) is 8.03. The summed E-state index contributed by atoms with van der Waals surface area (Å²) in [5, 5.41) is 2.85. The summed E-state index contributed by atoms with van der Waals surface area (Å²) in [6.45, 7) is 5.01. The molecule has 2 atom stereocenters. The standard InChI is InChI=1S/C14H19ClN2O2S/c1-3-9(2)13-14(19)17(7-6-12(18)16-13)8-10-4-5-11(15)20-10/h4-5,9,13H,3,6-8H2,1-2H3,(H,16,18). The van der Waals surface area contributed by atoms with Crippen molar-refractivity contribution in [3.05, 3.63) is 21.3 Å². The Kier molecular flexibility index (Phi) is 5.05. The molecule has 2 heterocycles. The third kappa shape index (κ3) is 3.52. The molecule has 110 valence electrons. The Hall–Kier alpha value is -1.07. The molecule has 1 aromatic heterocycles. The smallest absolute Gasteiger partial charge is 0.245 e. The van der Waals surface area contributed by atoms with E-state index in [9.17, 15) is 9.59 Å². The average Bonchev–Trinajstić information content (AvgIpc) is 2.78. The van der Waals surface area contributed by atoms with Crippen molar-refractivity contribution in [2.75, 3.05) is 6.54 Å². The number of nitrogens with one attached hydrogen (secondary N) is 1. The van der Waals surface area contributed by atoms with E-state index in [1.54, 1.807) is 4.90 Å². The van der Waals surface area contributed by atoms with E-state index in [1.165, 1.54) is 11.3 Å². The van der Waals surface area contributed by atoms with Crippen LogP contribution in [0.15, 0.2) is 12.1 Å². The molecule has 1 fully saturated rings. The van der Waals surface area contributed by atoms with Crippen molar-refractivity contribution < 1.29 is 9.59 Å². The van der Waals surface area contributed by atoms with Gasteiger partial charge in [-0.3, -0.25) is 9.59 Å². The van der Waals surface area contributed by atoms with Crippen LogP contribution in [0.25, 0.3) is 0 Å². The van der Waals surface area contributed by atoms with Crippen LogP contribution in [-0.4, -0.2) is 29.3 Å². The number of halogens is 1. The summed E-state index contributed by atoms with van der Waals surface area (Å²) in [5.74, 6) is 0.101. The molecule has 1 saturated heterocycles. The normalized spacial score (nSPS) is 21.6. The van der Waals surface area contributed by atoms with Crippen molar-refractivity contribution in [2.24, 2.45) is 5.92 Å². The van der Waals surface area contributed by atoms with Gasteiger partial charge in [-0.15, -0.1) is 11.3 Å². The van der Waals surface area contributed by atoms with Crippen LogP contribution in [0.2, 0.25) is 4.34 Å². The lowest BCUT2D eigenvalue weighted by molar-refractivity contribution is -0.135. The van der Waals surface area contributed by atoms with Crippen molar-refractivity contribution in [1.29, 1.82) is 0 Å². The van der Waals surface area contributed by atoms with E-state index in [0.717, 1.165) is 15.6 Å². The SMILES string of the molecule is CCC(C)C1NC(=O)CCN(Cc2ccc(Cl)s2)C1=O. The highest BCUT2D eigenvalue weighted by atomic mass is 35.5. The van der Waals surface area contributed by atoms with Gasteiger partial charge in [0.15, 0.2) is 0 Å². The quantitative estimate of drug-likeness (QED) is 0.929. The minimum atomic E-state index is -0.412. The zero-order valence-electron chi connectivity index (χ0n) is 11.7. The number of carbonyl (C=O) groups excluding carboxylic acids is 2. The maximum Gasteiger partial charge on any atom is 0.245 e. The summed E-state index contributed by atoms with van der Waals surface area (Å²) < 4.78 is 0.718. The number of amides is 2. The number of rotatable bonds is 4. The number of thiophene rings is 1. The lowest BCUT2D eigenvalue weighted by Crippen LogP contribution is -2.48. The lowest BCUT2D eigenvalue weighted by Gasteiger charge is -2.26. The molecule has 0 saturated carbocycles. The van der Waals surface area contributed by atoms with Crippen LogP contribution in [0.5, 0.6) is 0 Å². The number of nitrogens with zero attached hydrogens (tertiary/aromatic N) is 1. The molecule has 20 heavy (non-hydrogen) atoms. The Bertz CT molecular complexity index is 503. The fourth-order valence-corrected chi connectivity index (χ4v) is 3.36. The first-order chi connectivity index (χ1) is 9.51. The third-order valence-corrected chi connectivity index (χ3v) is 4.91. The summed E-state index contributed by atoms with van der Waals surface area (Å²) in [6.07, 6.45) is 1.22. The first-order valence-electron chi connectivity index (χ1n) is 6.83. The van der Waals surface area contributed by atoms with Crippen LogP contribution in [0.4, 0.5) is 0 Å². The van der Waals surface area contributed by atoms with E-state index in [2.05, 4.69) is 5.32 Å². The van der Waals surface area contributed by atoms with E-state index in [-0.39, 0.29) is 17.7 Å². The molecular formula is C14H19ClN2O2S. The zero-order chi connectivity index (χ0) is 14.7. The van der Waals surface area contributed by atoms with Crippen LogP contribution in [0.3, 0.4) is 0 Å². The summed E-state index contributed by atoms with van der Waals surface area (Å²) in [6, 6.07) is 3.35. The van der Waals surface area contributed by atoms with Gasteiger partial charge >= 0.3 is 0 Å². The Morgan fingerprint density at radius 1 is 1.50 bits per heavy atom. The van der Waals surface area contributed by atoms with Crippen LogP contribution in [0.1, 0.15) is 31.6 Å². The van der Waals surface area contributed by atoms with Crippen molar-refractivity contribution in [1.82, 2.24) is 10.2 Å². The Balaban J connectivity index is 2.14. The molecule has 1 N–H and O–H groups in total. The van der Waals surface area contributed by atoms with Crippen LogP contribution in [-0.2, 0) is 16.1 Å². The van der Waals surface area contributed by atoms with E-state index in [4.69, 9.17) is 11.6 Å². The van der Waals surface area contributed by atoms with Gasteiger partial charge in [0.1, 0.15) is 6.04 Å². The van der Waals surface area contributed by atoms with E-state index >= 15 is 0 Å². The van der Waals surface area contributed by atoms with E-state index in [0.29, 0.717) is 19.5 Å². The predicted molar refractivity (Wildman–Crippen MR) is 80.7 cm³/mol. The predicted octanol–water partition coefficient (Wildman–Crippen LogP) is 2.66. The molecule has 6 heteroatoms. The monoisotopic (exact) mass is 314 g/mol. The van der Waals surface area contributed by atoms with Crippen molar-refractivity contribution in [2.45, 2.75) is 39.3 Å². The molecule has 4 nitrogen and oxygen atoms in total. The highest BCUT2D eigenvalue weighted by Gasteiger charge is 2.32. The van der Waals surface area contributed by atoms with Gasteiger partial charge in [-0.1, -0.05) is 31.9 Å². The fourth-order valence-electron chi connectivity index (χ4n) is 2.25. The maximum atomic E-state index is 12.6. The van der Waals surface area contributed by atoms with Crippen molar-refractivity contribution >= 4 is 34.8 Å². The first kappa shape index (κ1) is 15.3. The van der Waals surface area contributed by atoms with E-state index < -0.39 is 6.04 Å². The summed E-state index contributed by atoms with van der Waals surface area (Å²) in [5.41, 5.74) is 0. The molecule has 1 aliphatic rings. The van der Waals surface area contributed by atoms with Gasteiger partial charge in [0.25, 0.3) is 0 Å². The second kappa shape index (κ2) is 6.59. The van der Waals surface area contributed by atoms with Gasteiger partial charge in [0, 0.05) is 17.8 Å². The summed E-state index contributed by atoms with van der Waals surface area (Å²) in [4.78, 5) is 27.1. The van der Waals surface area contributed by atoms with E-state index in [1.807, 2.05) is 26.0 Å². The second-order valence-corrected chi connectivity index (χ2v) is 6.95. The lowest BCUT2D eigenvalue weighted by atomic mass is 9.98. The van der Waals surface area contributed by atoms with Gasteiger partial charge in [-0.2, -0.15) is 0 Å². The van der Waals surface area contributed by atoms with Crippen LogP contribution < -0.4 is 5.32 Å². The second-order valence-electron chi connectivity index (χ2n) is 5.15. The molecule has 0 radical (unpaired) electrons. The van der Waals surface area contributed by atoms with Crippen molar-refractivity contribution in [3.63, 3.8) is 0 Å². The molecule has 0 aromatic carbocycles. The topological polar surface area (TPSA) is 49.4 Å². The van der Waals surface area contributed by atoms with Gasteiger partial charge in [-0.25, -0.2) is 0 Å². The number of carbonyl (C=O) groups is 2. The maximum absolute atomic E-state index is 12.6. The Morgan fingerprint density at radius 3 is 2.85 bits per heavy atom. The molecule has 1 aliphatic heterocycles. The van der Waals surface area contributed by atoms with Gasteiger partial charge < -0.3 is 10.2 Å². The molecule has 0 spiro atoms. The number of hydrogen-bond acceptors (Lipinski definition) is 3. The molecule has 0 aliphatic carbocycles. The van der Waals surface area contributed by atoms with Gasteiger partial charge in [0.2, 0.25) is 11.8 Å². The number of hydrogen-bond donors (Lipinski definition) is 1. The summed E-state index contributed by atoms with van der Waals surface area (Å²) >= 11 is 7.39. The highest BCUT2D eigenvalue weighted by Crippen LogP contribution is 2.24. The van der Waals surface area contributed by atoms with Gasteiger partial charge in [0.05, 0.1) is 10.9 Å². The highest BCUT2D eigenvalue weighted by molar-refractivity contribution is 7.16. The van der Waals surface area contributed by atoms with Crippen molar-refractivity contribution in [3.8, 4) is 0 Å². The minimum absolute atomic E-state index is 0.00900. The Morgan fingerprint density at radius 2 is 2.25 bits per heavy atom. The molecule has 0 bridgehead atoms. The fraction of sp³-hybridized carbons (Fsp3) is 0.571. The molecule has 2 amide bonds. The molecular weight excluding hydrogens is 296 g/mol. The molecule has 2 rings (SSSR count). The van der Waals surface area contributed by atoms with Crippen LogP contribution in [0, 0.1) is 5.92 Å². The van der Waals surface area contributed by atoms with Crippen LogP contribution >= 0.6 is 22.9 Å². The Labute approximate surface area is 128 Å². The summed E-state index contributed by atoms with van der Waals surface area (Å²) in [7, 11) is 0. The average molecular weight is 315 g/mol. The third-order valence-electron chi connectivity index (χ3n) is 3.69. The zero-order valence-corrected chi connectivity index (χ0v) is 13.3. The molecule has 1 aromatic rings. The van der Waals surface area contributed by atoms with Gasteiger partial charge in [-0.05, 0) is 18.1 Å².